The van der Waals surface area contributed by atoms with Crippen LogP contribution < -0.4 is 5.32 Å². The van der Waals surface area contributed by atoms with E-state index in [0.29, 0.717) is 6.42 Å². The van der Waals surface area contributed by atoms with Crippen molar-refractivity contribution < 1.29 is 14.6 Å². The molecule has 0 aromatic carbocycles. The van der Waals surface area contributed by atoms with Gasteiger partial charge in [-0.25, -0.2) is 0 Å². The first-order valence-electron chi connectivity index (χ1n) is 6.82. The molecule has 1 aliphatic heterocycles. The van der Waals surface area contributed by atoms with Gasteiger partial charge in [0.25, 0.3) is 0 Å². The molecule has 4 heteroatoms. The lowest BCUT2D eigenvalue weighted by atomic mass is 10.1. The van der Waals surface area contributed by atoms with Crippen molar-refractivity contribution in [1.82, 2.24) is 5.32 Å². The molecule has 1 amide bonds. The van der Waals surface area contributed by atoms with Gasteiger partial charge in [-0.1, -0.05) is 12.8 Å². The molecular weight excluding hydrogens is 218 g/mol. The standard InChI is InChI=1S/C13H25NO3/c15-9-5-2-1-4-8-14-13(16)11-12-7-3-6-10-17-12/h12,15H,1-11H2,(H,14,16). The van der Waals surface area contributed by atoms with Crippen LogP contribution in [0.5, 0.6) is 0 Å². The van der Waals surface area contributed by atoms with Crippen LogP contribution >= 0.6 is 0 Å². The van der Waals surface area contributed by atoms with E-state index in [0.717, 1.165) is 51.7 Å². The maximum Gasteiger partial charge on any atom is 0.222 e. The van der Waals surface area contributed by atoms with Crippen LogP contribution in [0.3, 0.4) is 0 Å². The SMILES string of the molecule is O=C(CC1CCCCO1)NCCCCCCO. The zero-order chi connectivity index (χ0) is 12.3. The van der Waals surface area contributed by atoms with Crippen molar-refractivity contribution in [2.75, 3.05) is 19.8 Å². The Morgan fingerprint density at radius 2 is 2.06 bits per heavy atom. The summed E-state index contributed by atoms with van der Waals surface area (Å²) in [4.78, 5) is 11.6. The lowest BCUT2D eigenvalue weighted by Gasteiger charge is -2.21. The maximum atomic E-state index is 11.6. The molecule has 1 saturated heterocycles. The van der Waals surface area contributed by atoms with E-state index in [2.05, 4.69) is 5.32 Å². The molecule has 4 nitrogen and oxygen atoms in total. The predicted octanol–water partition coefficient (Wildman–Crippen LogP) is 1.61. The minimum Gasteiger partial charge on any atom is -0.396 e. The van der Waals surface area contributed by atoms with Crippen LogP contribution in [0.2, 0.25) is 0 Å². The fraction of sp³-hybridized carbons (Fsp3) is 0.923. The third kappa shape index (κ3) is 7.34. The zero-order valence-corrected chi connectivity index (χ0v) is 10.6. The highest BCUT2D eigenvalue weighted by Crippen LogP contribution is 2.15. The molecule has 0 aromatic heterocycles. The molecule has 1 atom stereocenters. The third-order valence-electron chi connectivity index (χ3n) is 3.09. The van der Waals surface area contributed by atoms with Crippen LogP contribution in [-0.4, -0.2) is 36.9 Å². The van der Waals surface area contributed by atoms with E-state index < -0.39 is 0 Å². The molecule has 17 heavy (non-hydrogen) atoms. The largest absolute Gasteiger partial charge is 0.396 e. The Labute approximate surface area is 104 Å². The highest BCUT2D eigenvalue weighted by molar-refractivity contribution is 5.76. The van der Waals surface area contributed by atoms with Crippen LogP contribution in [0, 0.1) is 0 Å². The number of hydrogen-bond donors (Lipinski definition) is 2. The average Bonchev–Trinajstić information content (AvgIpc) is 2.35. The first-order chi connectivity index (χ1) is 8.33. The number of rotatable bonds is 8. The molecule has 1 unspecified atom stereocenters. The van der Waals surface area contributed by atoms with E-state index >= 15 is 0 Å². The Morgan fingerprint density at radius 1 is 1.24 bits per heavy atom. The van der Waals surface area contributed by atoms with E-state index in [1.807, 2.05) is 0 Å². The summed E-state index contributed by atoms with van der Waals surface area (Å²) < 4.78 is 5.52. The minimum absolute atomic E-state index is 0.110. The molecule has 2 N–H and O–H groups in total. The van der Waals surface area contributed by atoms with Gasteiger partial charge in [-0.3, -0.25) is 4.79 Å². The minimum atomic E-state index is 0.110. The zero-order valence-electron chi connectivity index (χ0n) is 10.6. The number of carbonyl (C=O) groups excluding carboxylic acids is 1. The maximum absolute atomic E-state index is 11.6. The molecule has 0 saturated carbocycles. The Morgan fingerprint density at radius 3 is 2.76 bits per heavy atom. The molecule has 100 valence electrons. The molecular formula is C13H25NO3. The van der Waals surface area contributed by atoms with E-state index in [1.54, 1.807) is 0 Å². The van der Waals surface area contributed by atoms with Crippen molar-refractivity contribution in [3.05, 3.63) is 0 Å². The molecule has 1 rings (SSSR count). The van der Waals surface area contributed by atoms with Gasteiger partial charge in [0.2, 0.25) is 5.91 Å². The highest BCUT2D eigenvalue weighted by atomic mass is 16.5. The Bertz CT molecular complexity index is 203. The molecule has 1 fully saturated rings. The van der Waals surface area contributed by atoms with Gasteiger partial charge in [-0.2, -0.15) is 0 Å². The van der Waals surface area contributed by atoms with E-state index in [9.17, 15) is 4.79 Å². The second kappa shape index (κ2) is 9.42. The first-order valence-corrected chi connectivity index (χ1v) is 6.82. The van der Waals surface area contributed by atoms with E-state index in [4.69, 9.17) is 9.84 Å². The van der Waals surface area contributed by atoms with Crippen molar-refractivity contribution in [2.45, 2.75) is 57.5 Å². The van der Waals surface area contributed by atoms with Gasteiger partial charge in [0, 0.05) is 19.8 Å². The van der Waals surface area contributed by atoms with Gasteiger partial charge in [0.05, 0.1) is 12.5 Å². The molecule has 0 spiro atoms. The fourth-order valence-electron chi connectivity index (χ4n) is 2.07. The summed E-state index contributed by atoms with van der Waals surface area (Å²) in [6.07, 6.45) is 7.95. The average molecular weight is 243 g/mol. The van der Waals surface area contributed by atoms with E-state index in [1.165, 1.54) is 6.42 Å². The number of hydrogen-bond acceptors (Lipinski definition) is 3. The summed E-state index contributed by atoms with van der Waals surface area (Å²) >= 11 is 0. The van der Waals surface area contributed by atoms with Crippen LogP contribution in [0.4, 0.5) is 0 Å². The van der Waals surface area contributed by atoms with E-state index in [-0.39, 0.29) is 18.6 Å². The summed E-state index contributed by atoms with van der Waals surface area (Å²) in [5.41, 5.74) is 0. The van der Waals surface area contributed by atoms with Gasteiger partial charge < -0.3 is 15.2 Å². The fourth-order valence-corrected chi connectivity index (χ4v) is 2.07. The van der Waals surface area contributed by atoms with Crippen molar-refractivity contribution in [3.63, 3.8) is 0 Å². The molecule has 0 aromatic rings. The summed E-state index contributed by atoms with van der Waals surface area (Å²) in [5.74, 6) is 0.110. The molecule has 1 heterocycles. The summed E-state index contributed by atoms with van der Waals surface area (Å²) in [5, 5.41) is 11.5. The monoisotopic (exact) mass is 243 g/mol. The predicted molar refractivity (Wildman–Crippen MR) is 66.8 cm³/mol. The number of unbranched alkanes of at least 4 members (excludes halogenated alkanes) is 3. The summed E-state index contributed by atoms with van der Waals surface area (Å²) in [6, 6.07) is 0. The normalized spacial score (nSPS) is 20.2. The number of carbonyl (C=O) groups is 1. The summed E-state index contributed by atoms with van der Waals surface area (Å²) in [7, 11) is 0. The van der Waals surface area contributed by atoms with Gasteiger partial charge in [-0.15, -0.1) is 0 Å². The number of ether oxygens (including phenoxy) is 1. The lowest BCUT2D eigenvalue weighted by Crippen LogP contribution is -2.31. The van der Waals surface area contributed by atoms with Crippen LogP contribution in [-0.2, 0) is 9.53 Å². The number of amides is 1. The van der Waals surface area contributed by atoms with Crippen molar-refractivity contribution in [1.29, 1.82) is 0 Å². The van der Waals surface area contributed by atoms with Crippen LogP contribution in [0.15, 0.2) is 0 Å². The van der Waals surface area contributed by atoms with Crippen molar-refractivity contribution in [2.24, 2.45) is 0 Å². The highest BCUT2D eigenvalue weighted by Gasteiger charge is 2.16. The lowest BCUT2D eigenvalue weighted by molar-refractivity contribution is -0.124. The molecule has 0 aliphatic carbocycles. The quantitative estimate of drug-likeness (QED) is 0.637. The number of aliphatic hydroxyl groups excluding tert-OH is 1. The second-order valence-corrected chi connectivity index (χ2v) is 4.68. The smallest absolute Gasteiger partial charge is 0.222 e. The van der Waals surface area contributed by atoms with Gasteiger partial charge in [0.15, 0.2) is 0 Å². The molecule has 1 aliphatic rings. The van der Waals surface area contributed by atoms with Crippen molar-refractivity contribution in [3.8, 4) is 0 Å². The molecule has 0 radical (unpaired) electrons. The number of aliphatic hydroxyl groups is 1. The Kier molecular flexibility index (Phi) is 8.01. The van der Waals surface area contributed by atoms with Gasteiger partial charge >= 0.3 is 0 Å². The van der Waals surface area contributed by atoms with Gasteiger partial charge in [-0.05, 0) is 32.1 Å². The second-order valence-electron chi connectivity index (χ2n) is 4.68. The first kappa shape index (κ1) is 14.5. The topological polar surface area (TPSA) is 58.6 Å². The van der Waals surface area contributed by atoms with Crippen molar-refractivity contribution >= 4 is 5.91 Å². The summed E-state index contributed by atoms with van der Waals surface area (Å²) in [6.45, 7) is 1.82. The molecule has 0 bridgehead atoms. The van der Waals surface area contributed by atoms with Crippen LogP contribution in [0.25, 0.3) is 0 Å². The third-order valence-corrected chi connectivity index (χ3v) is 3.09. The van der Waals surface area contributed by atoms with Crippen LogP contribution in [0.1, 0.15) is 51.4 Å². The Hall–Kier alpha value is -0.610. The Balaban J connectivity index is 1.93. The number of nitrogens with one attached hydrogen (secondary N) is 1. The van der Waals surface area contributed by atoms with Gasteiger partial charge in [0.1, 0.15) is 0 Å².